The van der Waals surface area contributed by atoms with E-state index in [9.17, 15) is 14.4 Å². The summed E-state index contributed by atoms with van der Waals surface area (Å²) in [6.07, 6.45) is 2.78. The van der Waals surface area contributed by atoms with E-state index in [-0.39, 0.29) is 17.2 Å². The molecule has 1 N–H and O–H groups in total. The molecule has 0 radical (unpaired) electrons. The van der Waals surface area contributed by atoms with Crippen molar-refractivity contribution in [2.45, 2.75) is 53.1 Å². The highest BCUT2D eigenvalue weighted by Crippen LogP contribution is 2.36. The number of ether oxygens (including phenoxy) is 2. The molecule has 2 aromatic carbocycles. The molecule has 182 valence electrons. The van der Waals surface area contributed by atoms with Crippen LogP contribution in [0.25, 0.3) is 0 Å². The van der Waals surface area contributed by atoms with Crippen LogP contribution in [0, 0.1) is 24.7 Å². The van der Waals surface area contributed by atoms with Gasteiger partial charge in [0.15, 0.2) is 6.61 Å². The van der Waals surface area contributed by atoms with Gasteiger partial charge < -0.3 is 14.8 Å². The molecule has 34 heavy (non-hydrogen) atoms. The molecule has 1 aliphatic rings. The normalized spacial score (nSPS) is 20.0. The number of hydrogen-bond donors (Lipinski definition) is 1. The number of nitrogens with one attached hydrogen (secondary N) is 1. The maximum absolute atomic E-state index is 13.0. The molecule has 0 bridgehead atoms. The minimum Gasteiger partial charge on any atom is -0.458 e. The zero-order chi connectivity index (χ0) is 24.8. The molecule has 0 saturated heterocycles. The molecule has 0 unspecified atom stereocenters. The van der Waals surface area contributed by atoms with Crippen LogP contribution in [0.15, 0.2) is 46.9 Å². The fraction of sp³-hybridized carbons (Fsp3) is 0.444. The van der Waals surface area contributed by atoms with E-state index in [1.165, 1.54) is 6.07 Å². The van der Waals surface area contributed by atoms with E-state index >= 15 is 0 Å². The Bertz CT molecular complexity index is 1050. The van der Waals surface area contributed by atoms with E-state index in [0.29, 0.717) is 23.4 Å². The third-order valence-electron chi connectivity index (χ3n) is 6.38. The zero-order valence-electron chi connectivity index (χ0n) is 20.1. The second-order valence-electron chi connectivity index (χ2n) is 9.40. The van der Waals surface area contributed by atoms with Gasteiger partial charge in [0.05, 0.1) is 11.1 Å². The maximum atomic E-state index is 13.0. The lowest BCUT2D eigenvalue weighted by Crippen LogP contribution is -2.36. The molecule has 2 aromatic rings. The monoisotopic (exact) mass is 529 g/mol. The van der Waals surface area contributed by atoms with Gasteiger partial charge in [-0.15, -0.1) is 0 Å². The van der Waals surface area contributed by atoms with Crippen molar-refractivity contribution in [3.05, 3.63) is 63.6 Å². The van der Waals surface area contributed by atoms with Crippen molar-refractivity contribution in [2.24, 2.45) is 17.8 Å². The van der Waals surface area contributed by atoms with Crippen LogP contribution in [0.4, 0.5) is 5.69 Å². The standard InChI is InChI=1S/C27H32BrNO5/c1-16(2)20-11-9-17(3)13-24(20)34-27(32)22-8-6-5-7-21(22)26(31)33-15-25(30)29-23-12-10-19(28)14-18(23)4/h5-8,10,12,14,16-17,20,24H,9,11,13,15H2,1-4H3,(H,29,30)/t17-,20+,24-/m1/s1. The van der Waals surface area contributed by atoms with E-state index in [1.54, 1.807) is 24.3 Å². The van der Waals surface area contributed by atoms with Gasteiger partial charge in [0, 0.05) is 10.2 Å². The summed E-state index contributed by atoms with van der Waals surface area (Å²) in [5.41, 5.74) is 1.75. The maximum Gasteiger partial charge on any atom is 0.339 e. The van der Waals surface area contributed by atoms with Crippen molar-refractivity contribution < 1.29 is 23.9 Å². The van der Waals surface area contributed by atoms with Gasteiger partial charge in [-0.2, -0.15) is 0 Å². The number of amides is 1. The van der Waals surface area contributed by atoms with Crippen LogP contribution in [-0.4, -0.2) is 30.6 Å². The Hall–Kier alpha value is -2.67. The van der Waals surface area contributed by atoms with E-state index in [0.717, 1.165) is 29.3 Å². The number of benzene rings is 2. The Morgan fingerprint density at radius 3 is 2.38 bits per heavy atom. The molecule has 3 rings (SSSR count). The van der Waals surface area contributed by atoms with Gasteiger partial charge in [0.2, 0.25) is 0 Å². The summed E-state index contributed by atoms with van der Waals surface area (Å²) in [6.45, 7) is 7.86. The summed E-state index contributed by atoms with van der Waals surface area (Å²) in [5, 5.41) is 2.73. The van der Waals surface area contributed by atoms with E-state index < -0.39 is 24.5 Å². The average Bonchev–Trinajstić information content (AvgIpc) is 2.79. The molecule has 1 aliphatic carbocycles. The van der Waals surface area contributed by atoms with Crippen LogP contribution in [0.3, 0.4) is 0 Å². The fourth-order valence-corrected chi connectivity index (χ4v) is 4.93. The molecule has 1 amide bonds. The quantitative estimate of drug-likeness (QED) is 0.433. The van der Waals surface area contributed by atoms with Crippen molar-refractivity contribution in [1.82, 2.24) is 0 Å². The number of carbonyl (C=O) groups is 3. The van der Waals surface area contributed by atoms with Crippen molar-refractivity contribution in [2.75, 3.05) is 11.9 Å². The van der Waals surface area contributed by atoms with Gasteiger partial charge in [0.25, 0.3) is 5.91 Å². The predicted octanol–water partition coefficient (Wildman–Crippen LogP) is 6.17. The van der Waals surface area contributed by atoms with Crippen LogP contribution in [0.2, 0.25) is 0 Å². The van der Waals surface area contributed by atoms with Crippen molar-refractivity contribution in [1.29, 1.82) is 0 Å². The minimum absolute atomic E-state index is 0.0880. The van der Waals surface area contributed by atoms with Crippen LogP contribution in [0.1, 0.15) is 66.3 Å². The molecule has 0 aromatic heterocycles. The Kier molecular flexibility index (Phi) is 8.89. The number of halogens is 1. The van der Waals surface area contributed by atoms with Gasteiger partial charge in [-0.05, 0) is 73.4 Å². The molecular weight excluding hydrogens is 498 g/mol. The number of anilines is 1. The van der Waals surface area contributed by atoms with Crippen LogP contribution >= 0.6 is 15.9 Å². The summed E-state index contributed by atoms with van der Waals surface area (Å²) in [6, 6.07) is 11.9. The van der Waals surface area contributed by atoms with E-state index in [2.05, 4.69) is 42.0 Å². The number of rotatable bonds is 7. The molecule has 1 saturated carbocycles. The Labute approximate surface area is 209 Å². The highest BCUT2D eigenvalue weighted by atomic mass is 79.9. The van der Waals surface area contributed by atoms with Crippen LogP contribution in [-0.2, 0) is 14.3 Å². The molecule has 3 atom stereocenters. The summed E-state index contributed by atoms with van der Waals surface area (Å²) in [7, 11) is 0. The number of carbonyl (C=O) groups excluding carboxylic acids is 3. The van der Waals surface area contributed by atoms with E-state index in [4.69, 9.17) is 9.47 Å². The first-order valence-corrected chi connectivity index (χ1v) is 12.5. The summed E-state index contributed by atoms with van der Waals surface area (Å²) < 4.78 is 12.0. The molecule has 0 spiro atoms. The van der Waals surface area contributed by atoms with Gasteiger partial charge in [0.1, 0.15) is 6.10 Å². The van der Waals surface area contributed by atoms with Crippen molar-refractivity contribution in [3.8, 4) is 0 Å². The summed E-state index contributed by atoms with van der Waals surface area (Å²) in [5.74, 6) is -0.556. The van der Waals surface area contributed by atoms with Crippen molar-refractivity contribution in [3.63, 3.8) is 0 Å². The highest BCUT2D eigenvalue weighted by Gasteiger charge is 2.34. The number of esters is 2. The first-order valence-electron chi connectivity index (χ1n) is 11.7. The molecule has 0 heterocycles. The number of hydrogen-bond acceptors (Lipinski definition) is 5. The minimum atomic E-state index is -0.743. The molecular formula is C27H32BrNO5. The third kappa shape index (κ3) is 6.69. The molecule has 1 fully saturated rings. The average molecular weight is 530 g/mol. The molecule has 0 aliphatic heterocycles. The zero-order valence-corrected chi connectivity index (χ0v) is 21.7. The lowest BCUT2D eigenvalue weighted by Gasteiger charge is -2.36. The van der Waals surface area contributed by atoms with Gasteiger partial charge in [-0.1, -0.05) is 55.3 Å². The largest absolute Gasteiger partial charge is 0.458 e. The second-order valence-corrected chi connectivity index (χ2v) is 10.3. The van der Waals surface area contributed by atoms with E-state index in [1.807, 2.05) is 19.1 Å². The van der Waals surface area contributed by atoms with Crippen molar-refractivity contribution >= 4 is 39.5 Å². The molecule has 7 heteroatoms. The first-order chi connectivity index (χ1) is 16.2. The van der Waals surface area contributed by atoms with Gasteiger partial charge in [-0.3, -0.25) is 4.79 Å². The van der Waals surface area contributed by atoms with Gasteiger partial charge >= 0.3 is 11.9 Å². The van der Waals surface area contributed by atoms with Gasteiger partial charge in [-0.25, -0.2) is 9.59 Å². The fourth-order valence-electron chi connectivity index (χ4n) is 4.45. The summed E-state index contributed by atoms with van der Waals surface area (Å²) >= 11 is 3.38. The topological polar surface area (TPSA) is 81.7 Å². The lowest BCUT2D eigenvalue weighted by atomic mass is 9.75. The summed E-state index contributed by atoms with van der Waals surface area (Å²) in [4.78, 5) is 38.1. The second kappa shape index (κ2) is 11.6. The van der Waals surface area contributed by atoms with Crippen LogP contribution < -0.4 is 5.32 Å². The Morgan fingerprint density at radius 1 is 1.06 bits per heavy atom. The molecule has 6 nitrogen and oxygen atoms in total. The number of aryl methyl sites for hydroxylation is 1. The van der Waals surface area contributed by atoms with Crippen LogP contribution in [0.5, 0.6) is 0 Å². The third-order valence-corrected chi connectivity index (χ3v) is 6.88. The Balaban J connectivity index is 1.65. The lowest BCUT2D eigenvalue weighted by molar-refractivity contribution is -0.119. The SMILES string of the molecule is Cc1cc(Br)ccc1NC(=O)COC(=O)c1ccccc1C(=O)O[C@@H]1C[C@H](C)CC[C@H]1C(C)C. The Morgan fingerprint density at radius 2 is 1.74 bits per heavy atom. The first kappa shape index (κ1) is 25.9. The smallest absolute Gasteiger partial charge is 0.339 e. The highest BCUT2D eigenvalue weighted by molar-refractivity contribution is 9.10. The predicted molar refractivity (Wildman–Crippen MR) is 135 cm³/mol.